The molecule has 0 radical (unpaired) electrons. The molecule has 2 aromatic rings. The zero-order chi connectivity index (χ0) is 21.3. The van der Waals surface area contributed by atoms with E-state index < -0.39 is 10.0 Å². The molecule has 4 rings (SSSR count). The molecule has 2 atom stereocenters. The molecular formula is C23H27ClN2O3S. The van der Waals surface area contributed by atoms with Gasteiger partial charge in [0.2, 0.25) is 10.0 Å². The number of hydrogen-bond acceptors (Lipinski definition) is 3. The first-order valence-electron chi connectivity index (χ1n) is 10.5. The van der Waals surface area contributed by atoms with Crippen LogP contribution in [-0.4, -0.2) is 31.2 Å². The fourth-order valence-corrected chi connectivity index (χ4v) is 6.36. The first-order valence-corrected chi connectivity index (χ1v) is 12.4. The molecule has 0 spiro atoms. The van der Waals surface area contributed by atoms with Gasteiger partial charge in [0.15, 0.2) is 0 Å². The van der Waals surface area contributed by atoms with E-state index in [1.54, 1.807) is 6.07 Å². The molecule has 1 saturated carbocycles. The zero-order valence-corrected chi connectivity index (χ0v) is 18.7. The maximum Gasteiger partial charge on any atom is 0.251 e. The highest BCUT2D eigenvalue weighted by atomic mass is 35.5. The zero-order valence-electron chi connectivity index (χ0n) is 17.1. The standard InChI is InChI=1S/C23H27ClN2O3S/c1-16-6-2-5-9-21(16)25-23(27)18-10-11-20(24)22(14-18)30(28,29)26-13-12-17-7-3-4-8-19(17)15-26/h3-4,7-8,10-11,14,16,21H,2,5-6,9,12-13,15H2,1H3,(H,25,27)/t16-,21-/m1/s1. The largest absolute Gasteiger partial charge is 0.349 e. The second-order valence-electron chi connectivity index (χ2n) is 8.34. The molecule has 30 heavy (non-hydrogen) atoms. The van der Waals surface area contributed by atoms with Gasteiger partial charge in [0, 0.05) is 24.7 Å². The summed E-state index contributed by atoms with van der Waals surface area (Å²) in [7, 11) is -3.81. The highest BCUT2D eigenvalue weighted by Gasteiger charge is 2.31. The van der Waals surface area contributed by atoms with Crippen LogP contribution in [0.4, 0.5) is 0 Å². The number of carbonyl (C=O) groups excluding carboxylic acids is 1. The number of nitrogens with zero attached hydrogens (tertiary/aromatic N) is 1. The number of carbonyl (C=O) groups is 1. The Hall–Kier alpha value is -1.89. The van der Waals surface area contributed by atoms with Crippen LogP contribution in [0.1, 0.15) is 54.1 Å². The summed E-state index contributed by atoms with van der Waals surface area (Å²) in [5.41, 5.74) is 2.50. The monoisotopic (exact) mass is 446 g/mol. The van der Waals surface area contributed by atoms with Gasteiger partial charge in [0.05, 0.1) is 5.02 Å². The number of fused-ring (bicyclic) bond motifs is 1. The van der Waals surface area contributed by atoms with E-state index in [9.17, 15) is 13.2 Å². The SMILES string of the molecule is C[C@@H]1CCCC[C@H]1NC(=O)c1ccc(Cl)c(S(=O)(=O)N2CCc3ccccc3C2)c1. The summed E-state index contributed by atoms with van der Waals surface area (Å²) >= 11 is 6.28. The van der Waals surface area contributed by atoms with E-state index in [4.69, 9.17) is 11.6 Å². The summed E-state index contributed by atoms with van der Waals surface area (Å²) < 4.78 is 28.1. The minimum absolute atomic E-state index is 0.00658. The van der Waals surface area contributed by atoms with E-state index in [1.165, 1.54) is 28.4 Å². The van der Waals surface area contributed by atoms with Crippen molar-refractivity contribution in [2.24, 2.45) is 5.92 Å². The third-order valence-corrected chi connectivity index (χ3v) is 8.66. The predicted octanol–water partition coefficient (Wildman–Crippen LogP) is 4.40. The van der Waals surface area contributed by atoms with Crippen molar-refractivity contribution in [3.8, 4) is 0 Å². The molecule has 5 nitrogen and oxygen atoms in total. The number of sulfonamides is 1. The summed E-state index contributed by atoms with van der Waals surface area (Å²) in [6.07, 6.45) is 5.01. The molecule has 7 heteroatoms. The first-order chi connectivity index (χ1) is 14.4. The molecule has 1 fully saturated rings. The fourth-order valence-electron chi connectivity index (χ4n) is 4.44. The maximum atomic E-state index is 13.3. The Labute approximate surface area is 183 Å². The quantitative estimate of drug-likeness (QED) is 0.757. The van der Waals surface area contributed by atoms with Crippen molar-refractivity contribution in [2.45, 2.75) is 56.5 Å². The Morgan fingerprint density at radius 1 is 1.10 bits per heavy atom. The van der Waals surface area contributed by atoms with Gasteiger partial charge < -0.3 is 5.32 Å². The molecule has 1 aliphatic heterocycles. The lowest BCUT2D eigenvalue weighted by atomic mass is 9.86. The van der Waals surface area contributed by atoms with E-state index in [2.05, 4.69) is 12.2 Å². The second-order valence-corrected chi connectivity index (χ2v) is 10.7. The molecule has 1 aliphatic carbocycles. The lowest BCUT2D eigenvalue weighted by Crippen LogP contribution is -2.41. The number of hydrogen-bond donors (Lipinski definition) is 1. The fraction of sp³-hybridized carbons (Fsp3) is 0.435. The van der Waals surface area contributed by atoms with Gasteiger partial charge in [0.25, 0.3) is 5.91 Å². The van der Waals surface area contributed by atoms with Gasteiger partial charge in [0.1, 0.15) is 4.90 Å². The Kier molecular flexibility index (Phi) is 6.19. The van der Waals surface area contributed by atoms with Crippen LogP contribution < -0.4 is 5.32 Å². The molecular weight excluding hydrogens is 420 g/mol. The molecule has 2 aromatic carbocycles. The van der Waals surface area contributed by atoms with Crippen molar-refractivity contribution < 1.29 is 13.2 Å². The average Bonchev–Trinajstić information content (AvgIpc) is 2.75. The molecule has 0 saturated heterocycles. The van der Waals surface area contributed by atoms with Crippen molar-refractivity contribution in [3.63, 3.8) is 0 Å². The Morgan fingerprint density at radius 3 is 2.60 bits per heavy atom. The van der Waals surface area contributed by atoms with Crippen LogP contribution >= 0.6 is 11.6 Å². The van der Waals surface area contributed by atoms with Crippen molar-refractivity contribution in [3.05, 3.63) is 64.2 Å². The Morgan fingerprint density at radius 2 is 1.83 bits per heavy atom. The van der Waals surface area contributed by atoms with Crippen LogP contribution in [0.5, 0.6) is 0 Å². The molecule has 160 valence electrons. The van der Waals surface area contributed by atoms with E-state index in [0.29, 0.717) is 31.0 Å². The molecule has 1 N–H and O–H groups in total. The minimum atomic E-state index is -3.81. The molecule has 2 aliphatic rings. The third kappa shape index (κ3) is 4.27. The molecule has 0 aromatic heterocycles. The van der Waals surface area contributed by atoms with Gasteiger partial charge in [-0.3, -0.25) is 4.79 Å². The van der Waals surface area contributed by atoms with Gasteiger partial charge in [-0.2, -0.15) is 4.31 Å². The second kappa shape index (κ2) is 8.69. The van der Waals surface area contributed by atoms with Gasteiger partial charge in [-0.05, 0) is 54.5 Å². The number of rotatable bonds is 4. The van der Waals surface area contributed by atoms with Crippen LogP contribution in [0.2, 0.25) is 5.02 Å². The average molecular weight is 447 g/mol. The van der Waals surface area contributed by atoms with Crippen molar-refractivity contribution in [1.29, 1.82) is 0 Å². The van der Waals surface area contributed by atoms with Crippen molar-refractivity contribution in [1.82, 2.24) is 9.62 Å². The highest BCUT2D eigenvalue weighted by molar-refractivity contribution is 7.89. The van der Waals surface area contributed by atoms with Crippen molar-refractivity contribution in [2.75, 3.05) is 6.54 Å². The normalized spacial score (nSPS) is 22.3. The number of halogens is 1. The van der Waals surface area contributed by atoms with Crippen LogP contribution in [0.15, 0.2) is 47.4 Å². The number of amides is 1. The highest BCUT2D eigenvalue weighted by Crippen LogP contribution is 2.30. The lowest BCUT2D eigenvalue weighted by Gasteiger charge is -2.30. The first kappa shape index (κ1) is 21.3. The van der Waals surface area contributed by atoms with Crippen LogP contribution in [0, 0.1) is 5.92 Å². The van der Waals surface area contributed by atoms with Gasteiger partial charge in [-0.25, -0.2) is 8.42 Å². The Bertz CT molecular complexity index is 1050. The summed E-state index contributed by atoms with van der Waals surface area (Å²) in [5.74, 6) is 0.178. The molecule has 0 unspecified atom stereocenters. The topological polar surface area (TPSA) is 66.5 Å². The van der Waals surface area contributed by atoms with E-state index in [0.717, 1.165) is 24.8 Å². The van der Waals surface area contributed by atoms with Crippen LogP contribution in [0.25, 0.3) is 0 Å². The molecule has 1 amide bonds. The van der Waals surface area contributed by atoms with E-state index >= 15 is 0 Å². The van der Waals surface area contributed by atoms with Crippen LogP contribution in [0.3, 0.4) is 0 Å². The molecule has 0 bridgehead atoms. The Balaban J connectivity index is 1.57. The lowest BCUT2D eigenvalue weighted by molar-refractivity contribution is 0.0910. The maximum absolute atomic E-state index is 13.3. The van der Waals surface area contributed by atoms with Gasteiger partial charge >= 0.3 is 0 Å². The van der Waals surface area contributed by atoms with E-state index in [-0.39, 0.29) is 21.9 Å². The summed E-state index contributed by atoms with van der Waals surface area (Å²) in [6.45, 7) is 2.85. The number of benzene rings is 2. The van der Waals surface area contributed by atoms with Crippen LogP contribution in [-0.2, 0) is 23.0 Å². The van der Waals surface area contributed by atoms with Gasteiger partial charge in [-0.1, -0.05) is 55.6 Å². The summed E-state index contributed by atoms with van der Waals surface area (Å²) in [6, 6.07) is 12.5. The van der Waals surface area contributed by atoms with Crippen molar-refractivity contribution >= 4 is 27.5 Å². The summed E-state index contributed by atoms with van der Waals surface area (Å²) in [4.78, 5) is 12.8. The van der Waals surface area contributed by atoms with Gasteiger partial charge in [-0.15, -0.1) is 0 Å². The number of nitrogens with one attached hydrogen (secondary N) is 1. The summed E-state index contributed by atoms with van der Waals surface area (Å²) in [5, 5.41) is 3.22. The smallest absolute Gasteiger partial charge is 0.251 e. The molecule has 1 heterocycles. The minimum Gasteiger partial charge on any atom is -0.349 e. The van der Waals surface area contributed by atoms with E-state index in [1.807, 2.05) is 24.3 Å². The predicted molar refractivity (Wildman–Crippen MR) is 118 cm³/mol. The third-order valence-electron chi connectivity index (χ3n) is 6.33.